The zero-order valence-electron chi connectivity index (χ0n) is 22.9. The first-order valence-corrected chi connectivity index (χ1v) is 15.7. The van der Waals surface area contributed by atoms with Gasteiger partial charge in [0.05, 0.1) is 50.0 Å². The Kier molecular flexibility index (Phi) is 12.1. The van der Waals surface area contributed by atoms with E-state index >= 15 is 0 Å². The molecule has 2 N–H and O–H groups in total. The Bertz CT molecular complexity index is 1010. The maximum absolute atomic E-state index is 13.2. The van der Waals surface area contributed by atoms with Gasteiger partial charge in [-0.05, 0) is 55.4 Å². The van der Waals surface area contributed by atoms with Crippen molar-refractivity contribution in [3.63, 3.8) is 0 Å². The Labute approximate surface area is 218 Å². The number of hydrogen-bond donors (Lipinski definition) is 1. The predicted molar refractivity (Wildman–Crippen MR) is 141 cm³/mol. The molecule has 0 spiro atoms. The molecule has 0 aliphatic heterocycles. The fourth-order valence-corrected chi connectivity index (χ4v) is 6.97. The summed E-state index contributed by atoms with van der Waals surface area (Å²) >= 11 is 0. The van der Waals surface area contributed by atoms with Crippen LogP contribution in [0.15, 0.2) is 12.7 Å². The molecule has 0 saturated heterocycles. The molecule has 2 aromatic rings. The third kappa shape index (κ3) is 10.3. The molecular weight excluding hydrogens is 524 g/mol. The molecule has 0 aliphatic rings. The fraction of sp³-hybridized carbons (Fsp3) is 0.773. The fourth-order valence-electron chi connectivity index (χ4n) is 3.40. The lowest BCUT2D eigenvalue weighted by atomic mass is 10.3. The minimum absolute atomic E-state index is 0.0304. The van der Waals surface area contributed by atoms with Crippen molar-refractivity contribution in [1.29, 1.82) is 0 Å². The molecule has 37 heavy (non-hydrogen) atoms. The van der Waals surface area contributed by atoms with E-state index in [1.165, 1.54) is 12.7 Å². The zero-order valence-corrected chi connectivity index (χ0v) is 24.7. The second-order valence-electron chi connectivity index (χ2n) is 9.58. The Balaban J connectivity index is 2.22. The molecule has 15 heteroatoms. The summed E-state index contributed by atoms with van der Waals surface area (Å²) in [6.07, 6.45) is 1.06. The summed E-state index contributed by atoms with van der Waals surface area (Å²) in [7, 11) is -7.05. The van der Waals surface area contributed by atoms with Gasteiger partial charge in [0.25, 0.3) is 0 Å². The molecule has 0 saturated carbocycles. The van der Waals surface area contributed by atoms with Crippen LogP contribution in [0.25, 0.3) is 11.2 Å². The Morgan fingerprint density at radius 3 is 1.59 bits per heavy atom. The SMILES string of the molecule is CC(C)OP(=O)(COCC(COCP(=O)(OC(C)C)OC(C)C)n1cnc2c(N)ncnc21)OC(C)C. The van der Waals surface area contributed by atoms with Gasteiger partial charge in [0, 0.05) is 0 Å². The second-order valence-corrected chi connectivity index (χ2v) is 13.4. The van der Waals surface area contributed by atoms with Crippen molar-refractivity contribution >= 4 is 32.2 Å². The highest BCUT2D eigenvalue weighted by atomic mass is 31.2. The number of nitrogens with two attached hydrogens (primary N) is 1. The molecule has 0 radical (unpaired) electrons. The molecule has 0 bridgehead atoms. The van der Waals surface area contributed by atoms with Crippen LogP contribution < -0.4 is 5.73 Å². The normalized spacial score (nSPS) is 13.3. The van der Waals surface area contributed by atoms with E-state index in [0.29, 0.717) is 11.2 Å². The largest absolute Gasteiger partial charge is 0.382 e. The molecule has 2 heterocycles. The van der Waals surface area contributed by atoms with Crippen molar-refractivity contribution in [3.05, 3.63) is 12.7 Å². The first-order valence-electron chi connectivity index (χ1n) is 12.2. The predicted octanol–water partition coefficient (Wildman–Crippen LogP) is 4.98. The summed E-state index contributed by atoms with van der Waals surface area (Å²) in [5.74, 6) is 0.227. The summed E-state index contributed by atoms with van der Waals surface area (Å²) in [5, 5.41) is 0. The number of nitrogens with zero attached hydrogens (tertiary/aromatic N) is 4. The van der Waals surface area contributed by atoms with Gasteiger partial charge in [0.1, 0.15) is 24.5 Å². The van der Waals surface area contributed by atoms with Crippen LogP contribution >= 0.6 is 15.2 Å². The summed E-state index contributed by atoms with van der Waals surface area (Å²) in [6, 6.07) is -0.516. The summed E-state index contributed by atoms with van der Waals surface area (Å²) < 4.78 is 62.0. The van der Waals surface area contributed by atoms with Gasteiger partial charge in [0.2, 0.25) is 0 Å². The minimum atomic E-state index is -3.52. The van der Waals surface area contributed by atoms with E-state index in [1.807, 2.05) is 0 Å². The third-order valence-corrected chi connectivity index (χ3v) is 8.35. The molecule has 13 nitrogen and oxygen atoms in total. The first kappa shape index (κ1) is 31.8. The van der Waals surface area contributed by atoms with Gasteiger partial charge in [-0.15, -0.1) is 0 Å². The van der Waals surface area contributed by atoms with E-state index in [-0.39, 0.29) is 56.1 Å². The van der Waals surface area contributed by atoms with Gasteiger partial charge in [-0.2, -0.15) is 0 Å². The molecule has 0 aliphatic carbocycles. The zero-order chi connectivity index (χ0) is 27.8. The van der Waals surface area contributed by atoms with Crippen LogP contribution in [0.2, 0.25) is 0 Å². The highest BCUT2D eigenvalue weighted by Gasteiger charge is 2.31. The van der Waals surface area contributed by atoms with Gasteiger partial charge in [-0.1, -0.05) is 0 Å². The average Bonchev–Trinajstić information content (AvgIpc) is 3.15. The van der Waals surface area contributed by atoms with Crippen LogP contribution in [0.4, 0.5) is 5.82 Å². The maximum atomic E-state index is 13.2. The van der Waals surface area contributed by atoms with Crippen LogP contribution in [0.1, 0.15) is 61.4 Å². The standard InChI is InChI=1S/C22H41N5O8P2/c1-15(2)32-36(28,33-16(3)4)13-30-9-19(27-12-26-20-21(23)24-11-25-22(20)27)10-31-14-37(29,34-17(5)6)35-18(7)8/h11-12,15-19H,9-10,13-14H2,1-8H3,(H2,23,24,25). The number of aromatic nitrogens is 4. The monoisotopic (exact) mass is 565 g/mol. The van der Waals surface area contributed by atoms with E-state index in [1.54, 1.807) is 60.0 Å². The van der Waals surface area contributed by atoms with Crippen LogP contribution in [-0.4, -0.2) is 69.8 Å². The Morgan fingerprint density at radius 1 is 0.757 bits per heavy atom. The third-order valence-electron chi connectivity index (χ3n) is 4.39. The van der Waals surface area contributed by atoms with Crippen LogP contribution in [0.3, 0.4) is 0 Å². The van der Waals surface area contributed by atoms with Crippen molar-refractivity contribution in [3.8, 4) is 0 Å². The highest BCUT2D eigenvalue weighted by molar-refractivity contribution is 7.53. The quantitative estimate of drug-likeness (QED) is 0.257. The lowest BCUT2D eigenvalue weighted by Crippen LogP contribution is -2.23. The van der Waals surface area contributed by atoms with Gasteiger partial charge >= 0.3 is 15.2 Å². The number of anilines is 1. The van der Waals surface area contributed by atoms with E-state index < -0.39 is 21.2 Å². The molecule has 0 aromatic carbocycles. The van der Waals surface area contributed by atoms with Gasteiger partial charge < -0.3 is 37.9 Å². The molecule has 0 unspecified atom stereocenters. The molecule has 0 fully saturated rings. The Morgan fingerprint density at radius 2 is 1.19 bits per heavy atom. The van der Waals surface area contributed by atoms with Gasteiger partial charge in [0.15, 0.2) is 11.5 Å². The first-order chi connectivity index (χ1) is 17.2. The number of hydrogen-bond acceptors (Lipinski definition) is 12. The molecule has 2 aromatic heterocycles. The Hall–Kier alpha value is -1.43. The summed E-state index contributed by atoms with van der Waals surface area (Å²) in [5.41, 5.74) is 6.82. The molecule has 212 valence electrons. The summed E-state index contributed by atoms with van der Waals surface area (Å²) in [6.45, 7) is 14.2. The number of imidazole rings is 1. The average molecular weight is 566 g/mol. The van der Waals surface area contributed by atoms with E-state index in [9.17, 15) is 9.13 Å². The highest BCUT2D eigenvalue weighted by Crippen LogP contribution is 2.51. The lowest BCUT2D eigenvalue weighted by Gasteiger charge is -2.25. The van der Waals surface area contributed by atoms with Crippen molar-refractivity contribution in [2.24, 2.45) is 0 Å². The molecule has 0 atom stereocenters. The van der Waals surface area contributed by atoms with Crippen LogP contribution in [-0.2, 0) is 36.7 Å². The number of ether oxygens (including phenoxy) is 2. The smallest absolute Gasteiger partial charge is 0.356 e. The van der Waals surface area contributed by atoms with Gasteiger partial charge in [-0.3, -0.25) is 9.13 Å². The molecule has 2 rings (SSSR count). The minimum Gasteiger partial charge on any atom is -0.382 e. The van der Waals surface area contributed by atoms with Crippen molar-refractivity contribution < 1.29 is 36.7 Å². The lowest BCUT2D eigenvalue weighted by molar-refractivity contribution is 0.0474. The van der Waals surface area contributed by atoms with Gasteiger partial charge in [-0.25, -0.2) is 15.0 Å². The summed E-state index contributed by atoms with van der Waals surface area (Å²) in [4.78, 5) is 12.6. The second kappa shape index (κ2) is 14.1. The topological polar surface area (TPSA) is 159 Å². The van der Waals surface area contributed by atoms with Crippen LogP contribution in [0.5, 0.6) is 0 Å². The maximum Gasteiger partial charge on any atom is 0.356 e. The number of rotatable bonds is 17. The van der Waals surface area contributed by atoms with E-state index in [4.69, 9.17) is 33.3 Å². The van der Waals surface area contributed by atoms with E-state index in [2.05, 4.69) is 15.0 Å². The number of nitrogen functional groups attached to an aromatic ring is 1. The van der Waals surface area contributed by atoms with Crippen LogP contribution in [0, 0.1) is 0 Å². The van der Waals surface area contributed by atoms with E-state index in [0.717, 1.165) is 0 Å². The van der Waals surface area contributed by atoms with Crippen molar-refractivity contribution in [2.45, 2.75) is 85.8 Å². The van der Waals surface area contributed by atoms with Crippen molar-refractivity contribution in [1.82, 2.24) is 19.5 Å². The molecule has 0 amide bonds. The van der Waals surface area contributed by atoms with Crippen molar-refractivity contribution in [2.75, 3.05) is 31.6 Å². The number of fused-ring (bicyclic) bond motifs is 1. The molecular formula is C22H41N5O8P2.